The highest BCUT2D eigenvalue weighted by Gasteiger charge is 2.48. The molecule has 0 atom stereocenters. The summed E-state index contributed by atoms with van der Waals surface area (Å²) in [6.07, 6.45) is 3.97. The molecule has 0 saturated heterocycles. The summed E-state index contributed by atoms with van der Waals surface area (Å²) in [6, 6.07) is 21.4. The van der Waals surface area contributed by atoms with Gasteiger partial charge in [0, 0.05) is 19.5 Å². The van der Waals surface area contributed by atoms with Crippen molar-refractivity contribution >= 4 is 5.91 Å². The molecule has 0 N–H and O–H groups in total. The molecular formula is C23H30N2O. The lowest BCUT2D eigenvalue weighted by atomic mass is 9.66. The molecule has 26 heavy (non-hydrogen) atoms. The predicted molar refractivity (Wildman–Crippen MR) is 107 cm³/mol. The van der Waals surface area contributed by atoms with Crippen LogP contribution in [0.25, 0.3) is 0 Å². The van der Waals surface area contributed by atoms with Crippen LogP contribution in [-0.2, 0) is 15.9 Å². The topological polar surface area (TPSA) is 23.6 Å². The second kappa shape index (κ2) is 7.24. The van der Waals surface area contributed by atoms with E-state index in [9.17, 15) is 4.79 Å². The fraction of sp³-hybridized carbons (Fsp3) is 0.435. The van der Waals surface area contributed by atoms with Crippen molar-refractivity contribution in [2.24, 2.45) is 0 Å². The van der Waals surface area contributed by atoms with Crippen LogP contribution in [-0.4, -0.2) is 36.9 Å². The summed E-state index contributed by atoms with van der Waals surface area (Å²) in [5.41, 5.74) is 2.42. The molecule has 0 spiro atoms. The van der Waals surface area contributed by atoms with Crippen molar-refractivity contribution in [3.63, 3.8) is 0 Å². The van der Waals surface area contributed by atoms with Gasteiger partial charge in [0.2, 0.25) is 5.91 Å². The number of hydrogen-bond acceptors (Lipinski definition) is 2. The summed E-state index contributed by atoms with van der Waals surface area (Å²) < 4.78 is 0. The van der Waals surface area contributed by atoms with Gasteiger partial charge in [-0.3, -0.25) is 9.69 Å². The van der Waals surface area contributed by atoms with Crippen molar-refractivity contribution in [2.45, 2.75) is 43.7 Å². The Kier molecular flexibility index (Phi) is 5.19. The van der Waals surface area contributed by atoms with Gasteiger partial charge in [0.1, 0.15) is 0 Å². The van der Waals surface area contributed by atoms with E-state index in [0.29, 0.717) is 0 Å². The summed E-state index contributed by atoms with van der Waals surface area (Å²) in [5.74, 6) is 0.130. The zero-order chi connectivity index (χ0) is 18.8. The van der Waals surface area contributed by atoms with E-state index < -0.39 is 0 Å². The highest BCUT2D eigenvalue weighted by atomic mass is 16.2. The van der Waals surface area contributed by atoms with Gasteiger partial charge in [-0.25, -0.2) is 0 Å². The molecule has 138 valence electrons. The van der Waals surface area contributed by atoms with Crippen LogP contribution in [0.4, 0.5) is 0 Å². The summed E-state index contributed by atoms with van der Waals surface area (Å²) in [7, 11) is 6.31. The molecule has 0 unspecified atom stereocenters. The molecule has 1 saturated carbocycles. The van der Waals surface area contributed by atoms with Gasteiger partial charge in [-0.15, -0.1) is 0 Å². The molecular weight excluding hydrogens is 320 g/mol. The van der Waals surface area contributed by atoms with Crippen molar-refractivity contribution in [1.82, 2.24) is 9.80 Å². The molecule has 3 heteroatoms. The third-order valence-corrected chi connectivity index (χ3v) is 6.50. The fourth-order valence-corrected chi connectivity index (χ4v) is 4.69. The highest BCUT2D eigenvalue weighted by Crippen LogP contribution is 2.50. The van der Waals surface area contributed by atoms with Crippen LogP contribution in [0.1, 0.15) is 43.7 Å². The smallest absolute Gasteiger partial charge is 0.219 e. The fourth-order valence-electron chi connectivity index (χ4n) is 4.69. The molecule has 1 aliphatic rings. The van der Waals surface area contributed by atoms with Gasteiger partial charge in [0.05, 0.1) is 5.54 Å². The van der Waals surface area contributed by atoms with Crippen LogP contribution in [0, 0.1) is 0 Å². The van der Waals surface area contributed by atoms with Gasteiger partial charge in [0.25, 0.3) is 0 Å². The van der Waals surface area contributed by atoms with Crippen molar-refractivity contribution in [2.75, 3.05) is 21.1 Å². The quantitative estimate of drug-likeness (QED) is 0.816. The third kappa shape index (κ3) is 3.05. The Labute approximate surface area is 157 Å². The molecule has 0 aliphatic heterocycles. The van der Waals surface area contributed by atoms with Gasteiger partial charge in [-0.1, -0.05) is 60.7 Å². The van der Waals surface area contributed by atoms with Crippen molar-refractivity contribution in [3.8, 4) is 0 Å². The molecule has 0 heterocycles. The van der Waals surface area contributed by atoms with E-state index in [4.69, 9.17) is 0 Å². The van der Waals surface area contributed by atoms with E-state index in [1.807, 2.05) is 18.0 Å². The Balaban J connectivity index is 1.99. The van der Waals surface area contributed by atoms with Gasteiger partial charge in [0.15, 0.2) is 0 Å². The van der Waals surface area contributed by atoms with E-state index in [0.717, 1.165) is 25.7 Å². The molecule has 1 aliphatic carbocycles. The zero-order valence-corrected chi connectivity index (χ0v) is 16.4. The largest absolute Gasteiger partial charge is 0.336 e. The normalized spacial score (nSPS) is 25.9. The standard InChI is InChI=1S/C23H30N2O/c1-19(26)25(4)23(21-13-9-6-10-14-21)17-15-22(16-18-23,24(2)3)20-11-7-5-8-12-20/h5-14H,15-18H2,1-4H3. The van der Waals surface area contributed by atoms with Crippen LogP contribution in [0.5, 0.6) is 0 Å². The summed E-state index contributed by atoms with van der Waals surface area (Å²) in [5, 5.41) is 0. The number of nitrogens with zero attached hydrogens (tertiary/aromatic N) is 2. The van der Waals surface area contributed by atoms with Gasteiger partial charge in [-0.2, -0.15) is 0 Å². The second-order valence-electron chi connectivity index (χ2n) is 7.77. The number of carbonyl (C=O) groups excluding carboxylic acids is 1. The molecule has 3 nitrogen and oxygen atoms in total. The SMILES string of the molecule is CC(=O)N(C)C1(c2ccccc2)CCC(c2ccccc2)(N(C)C)CC1. The number of rotatable bonds is 4. The highest BCUT2D eigenvalue weighted by molar-refractivity contribution is 5.74. The minimum atomic E-state index is -0.221. The van der Waals surface area contributed by atoms with Gasteiger partial charge < -0.3 is 4.90 Å². The van der Waals surface area contributed by atoms with Crippen LogP contribution in [0.15, 0.2) is 60.7 Å². The Hall–Kier alpha value is -2.13. The molecule has 0 aromatic heterocycles. The first-order chi connectivity index (χ1) is 12.4. The van der Waals surface area contributed by atoms with Crippen LogP contribution in [0.3, 0.4) is 0 Å². The number of amides is 1. The minimum absolute atomic E-state index is 0.0250. The Morgan fingerprint density at radius 3 is 1.50 bits per heavy atom. The molecule has 1 fully saturated rings. The molecule has 3 rings (SSSR count). The Morgan fingerprint density at radius 1 is 0.731 bits per heavy atom. The molecule has 1 amide bonds. The average Bonchev–Trinajstić information content (AvgIpc) is 2.68. The van der Waals surface area contributed by atoms with E-state index >= 15 is 0 Å². The minimum Gasteiger partial charge on any atom is -0.336 e. The first-order valence-corrected chi connectivity index (χ1v) is 9.45. The average molecular weight is 351 g/mol. The molecule has 2 aromatic rings. The monoisotopic (exact) mass is 350 g/mol. The van der Waals surface area contributed by atoms with E-state index in [-0.39, 0.29) is 17.0 Å². The molecule has 0 bridgehead atoms. The first kappa shape index (κ1) is 18.7. The van der Waals surface area contributed by atoms with Crippen LogP contribution in [0.2, 0.25) is 0 Å². The summed E-state index contributed by atoms with van der Waals surface area (Å²) in [6.45, 7) is 1.68. The Morgan fingerprint density at radius 2 is 1.12 bits per heavy atom. The van der Waals surface area contributed by atoms with Crippen molar-refractivity contribution < 1.29 is 4.79 Å². The van der Waals surface area contributed by atoms with Crippen LogP contribution >= 0.6 is 0 Å². The van der Waals surface area contributed by atoms with E-state index in [1.165, 1.54) is 11.1 Å². The zero-order valence-electron chi connectivity index (χ0n) is 16.4. The maximum absolute atomic E-state index is 12.3. The van der Waals surface area contributed by atoms with Crippen LogP contribution < -0.4 is 0 Å². The van der Waals surface area contributed by atoms with Crippen molar-refractivity contribution in [1.29, 1.82) is 0 Å². The van der Waals surface area contributed by atoms with E-state index in [2.05, 4.69) is 73.6 Å². The number of carbonyl (C=O) groups is 1. The molecule has 0 radical (unpaired) electrons. The lowest BCUT2D eigenvalue weighted by Gasteiger charge is -2.53. The Bertz CT molecular complexity index is 731. The van der Waals surface area contributed by atoms with E-state index in [1.54, 1.807) is 6.92 Å². The molecule has 2 aromatic carbocycles. The first-order valence-electron chi connectivity index (χ1n) is 9.45. The number of hydrogen-bond donors (Lipinski definition) is 0. The maximum Gasteiger partial charge on any atom is 0.219 e. The lowest BCUT2D eigenvalue weighted by Crippen LogP contribution is -2.54. The van der Waals surface area contributed by atoms with Gasteiger partial charge >= 0.3 is 0 Å². The number of benzene rings is 2. The van der Waals surface area contributed by atoms with Crippen molar-refractivity contribution in [3.05, 3.63) is 71.8 Å². The summed E-state index contributed by atoms with van der Waals surface area (Å²) in [4.78, 5) is 16.6. The maximum atomic E-state index is 12.3. The third-order valence-electron chi connectivity index (χ3n) is 6.50. The summed E-state index contributed by atoms with van der Waals surface area (Å²) >= 11 is 0. The predicted octanol–water partition coefficient (Wildman–Crippen LogP) is 4.39. The second-order valence-corrected chi connectivity index (χ2v) is 7.77. The lowest BCUT2D eigenvalue weighted by molar-refractivity contribution is -0.136. The van der Waals surface area contributed by atoms with Gasteiger partial charge in [-0.05, 0) is 50.9 Å².